The third kappa shape index (κ3) is 4.38. The van der Waals surface area contributed by atoms with E-state index < -0.39 is 0 Å². The Hall–Kier alpha value is -1.03. The van der Waals surface area contributed by atoms with Gasteiger partial charge in [-0.05, 0) is 60.8 Å². The third-order valence-electron chi connectivity index (χ3n) is 2.21. The molecule has 1 rings (SSSR count). The van der Waals surface area contributed by atoms with Crippen molar-refractivity contribution in [3.05, 3.63) is 27.7 Å². The summed E-state index contributed by atoms with van der Waals surface area (Å²) in [5.41, 5.74) is 3.23. The van der Waals surface area contributed by atoms with Crippen LogP contribution in [0.4, 0.5) is 5.69 Å². The summed E-state index contributed by atoms with van der Waals surface area (Å²) in [7, 11) is 0. The number of rotatable bonds is 4. The van der Waals surface area contributed by atoms with Crippen LogP contribution in [-0.2, 0) is 9.53 Å². The van der Waals surface area contributed by atoms with Gasteiger partial charge in [-0.15, -0.1) is 0 Å². The highest BCUT2D eigenvalue weighted by Crippen LogP contribution is 2.27. The van der Waals surface area contributed by atoms with Crippen LogP contribution in [0.15, 0.2) is 16.6 Å². The summed E-state index contributed by atoms with van der Waals surface area (Å²) in [6, 6.07) is 4.09. The number of aryl methyl sites for hydroxylation is 2. The summed E-state index contributed by atoms with van der Waals surface area (Å²) in [4.78, 5) is 11.4. The summed E-state index contributed by atoms with van der Waals surface area (Å²) >= 11 is 3.48. The molecule has 3 nitrogen and oxygen atoms in total. The fraction of sp³-hybridized carbons (Fsp3) is 0.462. The molecule has 0 atom stereocenters. The molecule has 0 unspecified atom stereocenters. The van der Waals surface area contributed by atoms with Gasteiger partial charge >= 0.3 is 5.97 Å². The summed E-state index contributed by atoms with van der Waals surface area (Å²) in [5.74, 6) is -0.244. The van der Waals surface area contributed by atoms with Crippen molar-refractivity contribution in [1.82, 2.24) is 0 Å². The number of benzene rings is 1. The number of anilines is 1. The van der Waals surface area contributed by atoms with Crippen molar-refractivity contribution in [3.63, 3.8) is 0 Å². The zero-order valence-corrected chi connectivity index (χ0v) is 12.2. The zero-order chi connectivity index (χ0) is 13.0. The molecule has 0 heterocycles. The summed E-state index contributed by atoms with van der Waals surface area (Å²) in [5, 5.41) is 3.09. The Morgan fingerprint density at radius 1 is 1.41 bits per heavy atom. The van der Waals surface area contributed by atoms with Gasteiger partial charge in [-0.25, -0.2) is 0 Å². The first-order chi connectivity index (χ1) is 7.90. The monoisotopic (exact) mass is 299 g/mol. The third-order valence-corrected chi connectivity index (χ3v) is 2.83. The van der Waals surface area contributed by atoms with Gasteiger partial charge in [-0.1, -0.05) is 6.07 Å². The van der Waals surface area contributed by atoms with E-state index in [1.54, 1.807) is 0 Å². The highest BCUT2D eigenvalue weighted by Gasteiger charge is 2.08. The van der Waals surface area contributed by atoms with Gasteiger partial charge in [0.2, 0.25) is 0 Å². The van der Waals surface area contributed by atoms with Crippen LogP contribution in [0.1, 0.15) is 25.0 Å². The van der Waals surface area contributed by atoms with E-state index in [9.17, 15) is 4.79 Å². The van der Waals surface area contributed by atoms with Crippen molar-refractivity contribution in [2.24, 2.45) is 0 Å². The van der Waals surface area contributed by atoms with Gasteiger partial charge in [-0.3, -0.25) is 4.79 Å². The topological polar surface area (TPSA) is 38.3 Å². The van der Waals surface area contributed by atoms with Crippen molar-refractivity contribution < 1.29 is 9.53 Å². The van der Waals surface area contributed by atoms with Crippen molar-refractivity contribution in [1.29, 1.82) is 0 Å². The smallest absolute Gasteiger partial charge is 0.325 e. The molecule has 0 aliphatic carbocycles. The Morgan fingerprint density at radius 2 is 2.06 bits per heavy atom. The van der Waals surface area contributed by atoms with E-state index in [2.05, 4.69) is 27.3 Å². The second kappa shape index (κ2) is 6.05. The van der Waals surface area contributed by atoms with E-state index in [0.29, 0.717) is 0 Å². The first kappa shape index (κ1) is 14.0. The van der Waals surface area contributed by atoms with Gasteiger partial charge in [-0.2, -0.15) is 0 Å². The molecule has 0 saturated carbocycles. The standard InChI is InChI=1S/C13H18BrNO2/c1-8(2)17-12(16)7-15-13-10(4)5-9(3)6-11(13)14/h5-6,8,15H,7H2,1-4H3. The number of carbonyl (C=O) groups is 1. The lowest BCUT2D eigenvalue weighted by Gasteiger charge is -2.13. The van der Waals surface area contributed by atoms with Gasteiger partial charge in [0.05, 0.1) is 11.8 Å². The lowest BCUT2D eigenvalue weighted by molar-refractivity contribution is -0.145. The van der Waals surface area contributed by atoms with Crippen LogP contribution in [0.5, 0.6) is 0 Å². The van der Waals surface area contributed by atoms with Crippen LogP contribution in [-0.4, -0.2) is 18.6 Å². The van der Waals surface area contributed by atoms with Gasteiger partial charge in [0, 0.05) is 4.47 Å². The molecule has 17 heavy (non-hydrogen) atoms. The maximum atomic E-state index is 11.4. The van der Waals surface area contributed by atoms with Gasteiger partial charge in [0.1, 0.15) is 6.54 Å². The number of ether oxygens (including phenoxy) is 1. The Balaban J connectivity index is 2.67. The first-order valence-electron chi connectivity index (χ1n) is 5.60. The maximum absolute atomic E-state index is 11.4. The molecule has 0 aliphatic rings. The summed E-state index contributed by atoms with van der Waals surface area (Å²) < 4.78 is 6.02. The average Bonchev–Trinajstić information content (AvgIpc) is 2.14. The van der Waals surface area contributed by atoms with Crippen LogP contribution >= 0.6 is 15.9 Å². The maximum Gasteiger partial charge on any atom is 0.325 e. The number of hydrogen-bond donors (Lipinski definition) is 1. The Kier molecular flexibility index (Phi) is 5.00. The molecule has 0 spiro atoms. The van der Waals surface area contributed by atoms with Crippen molar-refractivity contribution in [2.75, 3.05) is 11.9 Å². The number of esters is 1. The minimum Gasteiger partial charge on any atom is -0.462 e. The molecule has 1 aromatic rings. The molecule has 0 aliphatic heterocycles. The molecule has 1 N–H and O–H groups in total. The largest absolute Gasteiger partial charge is 0.462 e. The molecule has 1 aromatic carbocycles. The number of carbonyl (C=O) groups excluding carboxylic acids is 1. The number of nitrogens with one attached hydrogen (secondary N) is 1. The Bertz CT molecular complexity index is 393. The predicted molar refractivity (Wildman–Crippen MR) is 73.3 cm³/mol. The van der Waals surface area contributed by atoms with E-state index in [1.165, 1.54) is 5.56 Å². The van der Waals surface area contributed by atoms with Crippen molar-refractivity contribution >= 4 is 27.6 Å². The van der Waals surface area contributed by atoms with Crippen LogP contribution in [0, 0.1) is 13.8 Å². The van der Waals surface area contributed by atoms with Crippen LogP contribution in [0.2, 0.25) is 0 Å². The van der Waals surface area contributed by atoms with E-state index in [1.807, 2.05) is 33.8 Å². The quantitative estimate of drug-likeness (QED) is 0.866. The Morgan fingerprint density at radius 3 is 2.59 bits per heavy atom. The predicted octanol–water partition coefficient (Wildman–Crippen LogP) is 3.43. The molecule has 94 valence electrons. The average molecular weight is 300 g/mol. The fourth-order valence-electron chi connectivity index (χ4n) is 1.60. The SMILES string of the molecule is Cc1cc(C)c(NCC(=O)OC(C)C)c(Br)c1. The second-order valence-corrected chi connectivity index (χ2v) is 5.19. The van der Waals surface area contributed by atoms with Gasteiger partial charge < -0.3 is 10.1 Å². The fourth-order valence-corrected chi connectivity index (χ4v) is 2.42. The van der Waals surface area contributed by atoms with Gasteiger partial charge in [0.15, 0.2) is 0 Å². The highest BCUT2D eigenvalue weighted by molar-refractivity contribution is 9.10. The van der Waals surface area contributed by atoms with Crippen LogP contribution in [0.25, 0.3) is 0 Å². The molecule has 0 fully saturated rings. The first-order valence-corrected chi connectivity index (χ1v) is 6.39. The molecule has 0 amide bonds. The minimum atomic E-state index is -0.244. The lowest BCUT2D eigenvalue weighted by atomic mass is 10.1. The van der Waals surface area contributed by atoms with Crippen LogP contribution in [0.3, 0.4) is 0 Å². The van der Waals surface area contributed by atoms with Gasteiger partial charge in [0.25, 0.3) is 0 Å². The highest BCUT2D eigenvalue weighted by atomic mass is 79.9. The summed E-state index contributed by atoms with van der Waals surface area (Å²) in [6.07, 6.45) is -0.0770. The molecular formula is C13H18BrNO2. The van der Waals surface area contributed by atoms with Crippen molar-refractivity contribution in [3.8, 4) is 0 Å². The lowest BCUT2D eigenvalue weighted by Crippen LogP contribution is -2.20. The molecule has 0 bridgehead atoms. The number of hydrogen-bond acceptors (Lipinski definition) is 3. The normalized spacial score (nSPS) is 10.5. The molecular weight excluding hydrogens is 282 g/mol. The Labute approximate surface area is 111 Å². The zero-order valence-electron chi connectivity index (χ0n) is 10.6. The van der Waals surface area contributed by atoms with E-state index >= 15 is 0 Å². The van der Waals surface area contributed by atoms with Crippen molar-refractivity contribution in [2.45, 2.75) is 33.8 Å². The number of halogens is 1. The molecule has 0 saturated heterocycles. The molecule has 0 aromatic heterocycles. The minimum absolute atomic E-state index is 0.0770. The second-order valence-electron chi connectivity index (χ2n) is 4.33. The van der Waals surface area contributed by atoms with E-state index in [0.717, 1.165) is 15.7 Å². The summed E-state index contributed by atoms with van der Waals surface area (Å²) in [6.45, 7) is 7.90. The molecule has 4 heteroatoms. The molecule has 0 radical (unpaired) electrons. The van der Waals surface area contributed by atoms with E-state index in [-0.39, 0.29) is 18.6 Å². The van der Waals surface area contributed by atoms with Crippen LogP contribution < -0.4 is 5.32 Å². The van der Waals surface area contributed by atoms with E-state index in [4.69, 9.17) is 4.74 Å².